The van der Waals surface area contributed by atoms with Crippen LogP contribution < -0.4 is 5.32 Å². The van der Waals surface area contributed by atoms with Crippen LogP contribution in [-0.4, -0.2) is 51.1 Å². The summed E-state index contributed by atoms with van der Waals surface area (Å²) in [7, 11) is 1.92. The predicted octanol–water partition coefficient (Wildman–Crippen LogP) is 1.96. The highest BCUT2D eigenvalue weighted by molar-refractivity contribution is 5.78. The van der Waals surface area contributed by atoms with Crippen molar-refractivity contribution in [2.24, 2.45) is 7.05 Å². The highest BCUT2D eigenvalue weighted by Gasteiger charge is 2.39. The van der Waals surface area contributed by atoms with Gasteiger partial charge in [-0.25, -0.2) is 4.98 Å². The maximum absolute atomic E-state index is 12.3. The molecule has 0 aliphatic carbocycles. The Morgan fingerprint density at radius 1 is 1.35 bits per heavy atom. The number of oxazole rings is 1. The molecule has 3 heterocycles. The lowest BCUT2D eigenvalue weighted by Gasteiger charge is -2.40. The van der Waals surface area contributed by atoms with Gasteiger partial charge >= 0.3 is 0 Å². The van der Waals surface area contributed by atoms with Gasteiger partial charge in [0.05, 0.1) is 0 Å². The first-order chi connectivity index (χ1) is 12.7. The quantitative estimate of drug-likeness (QED) is 0.753. The molecule has 1 saturated heterocycles. The number of rotatable bonds is 5. The maximum atomic E-state index is 12.3. The zero-order chi connectivity index (χ0) is 18.1. The molecule has 0 spiro atoms. The summed E-state index contributed by atoms with van der Waals surface area (Å²) in [6, 6.07) is 7.77. The van der Waals surface area contributed by atoms with E-state index in [1.165, 1.54) is 0 Å². The minimum absolute atomic E-state index is 0.0291. The fraction of sp³-hybridized carbons (Fsp3) is 0.389. The molecule has 8 heteroatoms. The summed E-state index contributed by atoms with van der Waals surface area (Å²) < 4.78 is 13.5. The monoisotopic (exact) mass is 355 g/mol. The van der Waals surface area contributed by atoms with Crippen molar-refractivity contribution in [3.63, 3.8) is 0 Å². The molecule has 1 aliphatic rings. The third-order valence-corrected chi connectivity index (χ3v) is 4.64. The van der Waals surface area contributed by atoms with Crippen molar-refractivity contribution in [1.29, 1.82) is 0 Å². The number of likely N-dealkylation sites (N-methyl/N-ethyl adjacent to an activating group) is 1. The molecule has 1 aromatic carbocycles. The Labute approximate surface area is 150 Å². The number of nitrogens with one attached hydrogen (secondary N) is 1. The smallest absolute Gasteiger partial charge is 0.295 e. The SMILES string of the molecule is CCN1C(=O)CO[C@@H](CNc2nc3ccccc3o2)[C@@H]1c1nccn1C. The molecule has 4 rings (SSSR count). The first-order valence-electron chi connectivity index (χ1n) is 8.65. The molecule has 0 radical (unpaired) electrons. The van der Waals surface area contributed by atoms with Crippen LogP contribution in [0.25, 0.3) is 11.1 Å². The molecule has 0 bridgehead atoms. The second-order valence-corrected chi connectivity index (χ2v) is 6.24. The highest BCUT2D eigenvalue weighted by Crippen LogP contribution is 2.29. The van der Waals surface area contributed by atoms with Crippen molar-refractivity contribution >= 4 is 23.0 Å². The number of nitrogens with zero attached hydrogens (tertiary/aromatic N) is 4. The number of hydrogen-bond acceptors (Lipinski definition) is 6. The van der Waals surface area contributed by atoms with Gasteiger partial charge in [-0.2, -0.15) is 4.98 Å². The fourth-order valence-electron chi connectivity index (χ4n) is 3.36. The van der Waals surface area contributed by atoms with E-state index in [1.807, 2.05) is 53.9 Å². The van der Waals surface area contributed by atoms with Crippen LogP contribution in [0.4, 0.5) is 6.01 Å². The number of benzene rings is 1. The van der Waals surface area contributed by atoms with Crippen molar-refractivity contribution in [2.75, 3.05) is 25.0 Å². The number of morpholine rings is 1. The van der Waals surface area contributed by atoms with E-state index in [-0.39, 0.29) is 24.7 Å². The standard InChI is InChI=1S/C18H21N5O3/c1-3-23-15(24)11-25-14(16(23)17-19-8-9-22(17)2)10-20-18-21-12-6-4-5-7-13(12)26-18/h4-9,14,16H,3,10-11H2,1-2H3,(H,20,21)/t14-,16+/m0/s1. The average Bonchev–Trinajstić information content (AvgIpc) is 3.25. The van der Waals surface area contributed by atoms with E-state index in [9.17, 15) is 4.79 Å². The molecule has 1 fully saturated rings. The number of carbonyl (C=O) groups is 1. The summed E-state index contributed by atoms with van der Waals surface area (Å²) >= 11 is 0. The van der Waals surface area contributed by atoms with E-state index in [4.69, 9.17) is 9.15 Å². The number of hydrogen-bond donors (Lipinski definition) is 1. The lowest BCUT2D eigenvalue weighted by atomic mass is 10.1. The van der Waals surface area contributed by atoms with E-state index in [2.05, 4.69) is 15.3 Å². The van der Waals surface area contributed by atoms with Gasteiger partial charge in [0.1, 0.15) is 30.1 Å². The zero-order valence-electron chi connectivity index (χ0n) is 14.8. The number of imidazole rings is 1. The number of para-hydroxylation sites is 2. The fourth-order valence-corrected chi connectivity index (χ4v) is 3.36. The van der Waals surface area contributed by atoms with Gasteiger partial charge in [-0.15, -0.1) is 0 Å². The minimum atomic E-state index is -0.266. The van der Waals surface area contributed by atoms with Gasteiger partial charge in [0.2, 0.25) is 5.91 Å². The Kier molecular flexibility index (Phi) is 4.34. The van der Waals surface area contributed by atoms with Gasteiger partial charge < -0.3 is 23.9 Å². The Balaban J connectivity index is 1.56. The lowest BCUT2D eigenvalue weighted by molar-refractivity contribution is -0.156. The molecular weight excluding hydrogens is 334 g/mol. The Bertz CT molecular complexity index is 885. The van der Waals surface area contributed by atoms with E-state index in [1.54, 1.807) is 6.20 Å². The van der Waals surface area contributed by atoms with Crippen molar-refractivity contribution in [2.45, 2.75) is 19.1 Å². The number of ether oxygens (including phenoxy) is 1. The molecule has 1 amide bonds. The molecule has 0 saturated carbocycles. The Hall–Kier alpha value is -2.87. The number of aryl methyl sites for hydroxylation is 1. The van der Waals surface area contributed by atoms with Crippen LogP contribution in [0.15, 0.2) is 41.1 Å². The van der Waals surface area contributed by atoms with E-state index in [0.29, 0.717) is 19.1 Å². The molecule has 1 aliphatic heterocycles. The normalized spacial score (nSPS) is 20.7. The first-order valence-corrected chi connectivity index (χ1v) is 8.65. The molecule has 8 nitrogen and oxygen atoms in total. The van der Waals surface area contributed by atoms with Gasteiger partial charge in [-0.05, 0) is 19.1 Å². The Morgan fingerprint density at radius 2 is 2.19 bits per heavy atom. The summed E-state index contributed by atoms with van der Waals surface area (Å²) in [5.74, 6) is 0.767. The van der Waals surface area contributed by atoms with E-state index < -0.39 is 0 Å². The molecule has 1 N–H and O–H groups in total. The van der Waals surface area contributed by atoms with Gasteiger partial charge in [-0.3, -0.25) is 4.79 Å². The molecule has 0 unspecified atom stereocenters. The summed E-state index contributed by atoms with van der Waals surface area (Å²) in [5.41, 5.74) is 1.52. The molecular formula is C18H21N5O3. The van der Waals surface area contributed by atoms with Gasteiger partial charge in [0.15, 0.2) is 5.58 Å². The van der Waals surface area contributed by atoms with E-state index in [0.717, 1.165) is 16.9 Å². The number of fused-ring (bicyclic) bond motifs is 1. The second kappa shape index (κ2) is 6.80. The van der Waals surface area contributed by atoms with Crippen molar-refractivity contribution in [3.05, 3.63) is 42.5 Å². The molecule has 26 heavy (non-hydrogen) atoms. The third kappa shape index (κ3) is 2.92. The second-order valence-electron chi connectivity index (χ2n) is 6.24. The Morgan fingerprint density at radius 3 is 2.92 bits per heavy atom. The highest BCUT2D eigenvalue weighted by atomic mass is 16.5. The number of anilines is 1. The summed E-state index contributed by atoms with van der Waals surface area (Å²) in [6.45, 7) is 3.08. The topological polar surface area (TPSA) is 85.4 Å². The number of aromatic nitrogens is 3. The van der Waals surface area contributed by atoms with Crippen LogP contribution in [0.5, 0.6) is 0 Å². The van der Waals surface area contributed by atoms with Crippen LogP contribution in [0.1, 0.15) is 18.8 Å². The predicted molar refractivity (Wildman–Crippen MR) is 95.6 cm³/mol. The number of amides is 1. The van der Waals surface area contributed by atoms with E-state index >= 15 is 0 Å². The summed E-state index contributed by atoms with van der Waals surface area (Å²) in [5, 5.41) is 3.20. The summed E-state index contributed by atoms with van der Waals surface area (Å²) in [4.78, 5) is 23.0. The lowest BCUT2D eigenvalue weighted by Crippen LogP contribution is -2.51. The van der Waals surface area contributed by atoms with Crippen LogP contribution in [0, 0.1) is 0 Å². The van der Waals surface area contributed by atoms with Gasteiger partial charge in [-0.1, -0.05) is 12.1 Å². The largest absolute Gasteiger partial charge is 0.424 e. The van der Waals surface area contributed by atoms with Crippen LogP contribution >= 0.6 is 0 Å². The molecule has 3 aromatic rings. The first kappa shape index (κ1) is 16.6. The summed E-state index contributed by atoms with van der Waals surface area (Å²) in [6.07, 6.45) is 3.34. The van der Waals surface area contributed by atoms with Gasteiger partial charge in [0, 0.05) is 32.5 Å². The molecule has 2 atom stereocenters. The molecule has 2 aromatic heterocycles. The van der Waals surface area contributed by atoms with Crippen LogP contribution in [-0.2, 0) is 16.6 Å². The van der Waals surface area contributed by atoms with Crippen LogP contribution in [0.3, 0.4) is 0 Å². The van der Waals surface area contributed by atoms with Crippen molar-refractivity contribution in [1.82, 2.24) is 19.4 Å². The van der Waals surface area contributed by atoms with Gasteiger partial charge in [0.25, 0.3) is 6.01 Å². The maximum Gasteiger partial charge on any atom is 0.295 e. The average molecular weight is 355 g/mol. The zero-order valence-corrected chi connectivity index (χ0v) is 14.8. The third-order valence-electron chi connectivity index (χ3n) is 4.64. The minimum Gasteiger partial charge on any atom is -0.424 e. The molecule has 136 valence electrons. The van der Waals surface area contributed by atoms with Crippen LogP contribution in [0.2, 0.25) is 0 Å². The number of carbonyl (C=O) groups excluding carboxylic acids is 1. The van der Waals surface area contributed by atoms with Crippen molar-refractivity contribution < 1.29 is 13.9 Å². The van der Waals surface area contributed by atoms with Crippen molar-refractivity contribution in [3.8, 4) is 0 Å².